The van der Waals surface area contributed by atoms with Crippen LogP contribution in [0.5, 0.6) is 0 Å². The molecular formula is C12H27ClN2O3S. The van der Waals surface area contributed by atoms with Gasteiger partial charge in [0.15, 0.2) is 0 Å². The normalized spacial score (nSPS) is 20.9. The molecule has 0 aromatic heterocycles. The fourth-order valence-electron chi connectivity index (χ4n) is 2.28. The number of nitrogens with one attached hydrogen (secondary N) is 1. The summed E-state index contributed by atoms with van der Waals surface area (Å²) in [6.07, 6.45) is 4.13. The topological polar surface area (TPSA) is 81.4 Å². The zero-order chi connectivity index (χ0) is 13.6. The SMILES string of the molecule is CCC(CC)(CN)NS(=O)(=O)CC1CCCCO1.Cl. The molecule has 0 bridgehead atoms. The van der Waals surface area contributed by atoms with Crippen molar-refractivity contribution >= 4 is 22.4 Å². The van der Waals surface area contributed by atoms with Crippen LogP contribution in [0.25, 0.3) is 0 Å². The zero-order valence-electron chi connectivity index (χ0n) is 11.9. The van der Waals surface area contributed by atoms with Gasteiger partial charge in [0, 0.05) is 18.7 Å². The third-order valence-electron chi connectivity index (χ3n) is 3.80. The fourth-order valence-corrected chi connectivity index (χ4v) is 4.15. The van der Waals surface area contributed by atoms with Crippen LogP contribution in [0, 0.1) is 0 Å². The minimum Gasteiger partial charge on any atom is -0.377 e. The smallest absolute Gasteiger partial charge is 0.214 e. The minimum absolute atomic E-state index is 0. The molecule has 1 aliphatic heterocycles. The molecule has 0 saturated carbocycles. The summed E-state index contributed by atoms with van der Waals surface area (Å²) in [6, 6.07) is 0. The van der Waals surface area contributed by atoms with E-state index in [1.807, 2.05) is 13.8 Å². The lowest BCUT2D eigenvalue weighted by molar-refractivity contribution is 0.0302. The molecule has 0 aromatic carbocycles. The first-order chi connectivity index (χ1) is 8.47. The Morgan fingerprint density at radius 3 is 2.37 bits per heavy atom. The molecule has 1 unspecified atom stereocenters. The molecule has 7 heteroatoms. The van der Waals surface area contributed by atoms with Crippen LogP contribution in [0.1, 0.15) is 46.0 Å². The number of sulfonamides is 1. The van der Waals surface area contributed by atoms with E-state index in [9.17, 15) is 8.42 Å². The van der Waals surface area contributed by atoms with Gasteiger partial charge in [-0.15, -0.1) is 12.4 Å². The molecule has 1 heterocycles. The van der Waals surface area contributed by atoms with Gasteiger partial charge in [0.25, 0.3) is 0 Å². The van der Waals surface area contributed by atoms with Crippen molar-refractivity contribution in [2.45, 2.75) is 57.6 Å². The van der Waals surface area contributed by atoms with Gasteiger partial charge < -0.3 is 10.5 Å². The second kappa shape index (κ2) is 8.42. The highest BCUT2D eigenvalue weighted by molar-refractivity contribution is 7.89. The molecule has 0 aliphatic carbocycles. The number of ether oxygens (including phenoxy) is 1. The van der Waals surface area contributed by atoms with Gasteiger partial charge >= 0.3 is 0 Å². The summed E-state index contributed by atoms with van der Waals surface area (Å²) in [6.45, 7) is 4.90. The molecule has 5 nitrogen and oxygen atoms in total. The van der Waals surface area contributed by atoms with Gasteiger partial charge in [-0.2, -0.15) is 0 Å². The first-order valence-corrected chi connectivity index (χ1v) is 8.45. The van der Waals surface area contributed by atoms with E-state index in [0.29, 0.717) is 26.0 Å². The average Bonchev–Trinajstić information content (AvgIpc) is 2.37. The highest BCUT2D eigenvalue weighted by atomic mass is 35.5. The van der Waals surface area contributed by atoms with Gasteiger partial charge in [0.1, 0.15) is 0 Å². The van der Waals surface area contributed by atoms with E-state index in [4.69, 9.17) is 10.5 Å². The Kier molecular flexibility index (Phi) is 8.47. The maximum atomic E-state index is 12.1. The maximum Gasteiger partial charge on any atom is 0.214 e. The van der Waals surface area contributed by atoms with Crippen LogP contribution in [0.4, 0.5) is 0 Å². The lowest BCUT2D eigenvalue weighted by atomic mass is 9.95. The van der Waals surface area contributed by atoms with Crippen LogP contribution < -0.4 is 10.5 Å². The van der Waals surface area contributed by atoms with Crippen LogP contribution in [-0.4, -0.2) is 39.0 Å². The second-order valence-electron chi connectivity index (χ2n) is 5.06. The van der Waals surface area contributed by atoms with E-state index in [0.717, 1.165) is 19.3 Å². The van der Waals surface area contributed by atoms with Gasteiger partial charge in [0.05, 0.1) is 11.9 Å². The van der Waals surface area contributed by atoms with Crippen molar-refractivity contribution < 1.29 is 13.2 Å². The van der Waals surface area contributed by atoms with E-state index in [2.05, 4.69) is 4.72 Å². The van der Waals surface area contributed by atoms with Crippen molar-refractivity contribution in [3.8, 4) is 0 Å². The van der Waals surface area contributed by atoms with E-state index in [1.165, 1.54) is 0 Å². The van der Waals surface area contributed by atoms with Crippen LogP contribution in [-0.2, 0) is 14.8 Å². The highest BCUT2D eigenvalue weighted by Gasteiger charge is 2.31. The van der Waals surface area contributed by atoms with Crippen LogP contribution in [0.3, 0.4) is 0 Å². The van der Waals surface area contributed by atoms with Gasteiger partial charge in [-0.1, -0.05) is 13.8 Å². The molecule has 1 aliphatic rings. The molecule has 19 heavy (non-hydrogen) atoms. The molecule has 116 valence electrons. The molecule has 1 rings (SSSR count). The standard InChI is InChI=1S/C12H26N2O3S.ClH/c1-3-12(4-2,10-13)14-18(15,16)9-11-7-5-6-8-17-11;/h11,14H,3-10,13H2,1-2H3;1H. The average molecular weight is 315 g/mol. The fraction of sp³-hybridized carbons (Fsp3) is 1.00. The van der Waals surface area contributed by atoms with E-state index < -0.39 is 15.6 Å². The van der Waals surface area contributed by atoms with Gasteiger partial charge in [-0.3, -0.25) is 0 Å². The van der Waals surface area contributed by atoms with Crippen molar-refractivity contribution in [2.75, 3.05) is 18.9 Å². The van der Waals surface area contributed by atoms with Crippen molar-refractivity contribution in [3.63, 3.8) is 0 Å². The molecule has 0 aromatic rings. The number of hydrogen-bond acceptors (Lipinski definition) is 4. The lowest BCUT2D eigenvalue weighted by Crippen LogP contribution is -2.54. The van der Waals surface area contributed by atoms with Crippen LogP contribution >= 0.6 is 12.4 Å². The van der Waals surface area contributed by atoms with E-state index >= 15 is 0 Å². The maximum absolute atomic E-state index is 12.1. The Morgan fingerprint density at radius 2 is 1.95 bits per heavy atom. The summed E-state index contributed by atoms with van der Waals surface area (Å²) in [5, 5.41) is 0. The summed E-state index contributed by atoms with van der Waals surface area (Å²) < 4.78 is 32.5. The molecule has 0 amide bonds. The van der Waals surface area contributed by atoms with E-state index in [1.54, 1.807) is 0 Å². The molecular weight excluding hydrogens is 288 g/mol. The molecule has 1 fully saturated rings. The molecule has 1 saturated heterocycles. The molecule has 1 atom stereocenters. The predicted octanol–water partition coefficient (Wildman–Crippen LogP) is 1.41. The summed E-state index contributed by atoms with van der Waals surface area (Å²) >= 11 is 0. The van der Waals surface area contributed by atoms with Crippen molar-refractivity contribution in [3.05, 3.63) is 0 Å². The summed E-state index contributed by atoms with van der Waals surface area (Å²) in [4.78, 5) is 0. The summed E-state index contributed by atoms with van der Waals surface area (Å²) in [5.74, 6) is 0.0503. The Labute approximate surface area is 123 Å². The number of nitrogens with two attached hydrogens (primary N) is 1. The zero-order valence-corrected chi connectivity index (χ0v) is 13.5. The van der Waals surface area contributed by atoms with E-state index in [-0.39, 0.29) is 24.3 Å². The number of halogens is 1. The molecule has 3 N–H and O–H groups in total. The third-order valence-corrected chi connectivity index (χ3v) is 5.35. The first kappa shape index (κ1) is 19.1. The number of hydrogen-bond donors (Lipinski definition) is 2. The van der Waals surface area contributed by atoms with Crippen LogP contribution in [0.15, 0.2) is 0 Å². The van der Waals surface area contributed by atoms with Crippen molar-refractivity contribution in [2.24, 2.45) is 5.73 Å². The first-order valence-electron chi connectivity index (χ1n) is 6.80. The highest BCUT2D eigenvalue weighted by Crippen LogP contribution is 2.18. The molecule has 0 radical (unpaired) electrons. The second-order valence-corrected chi connectivity index (χ2v) is 6.83. The van der Waals surface area contributed by atoms with Crippen molar-refractivity contribution in [1.29, 1.82) is 0 Å². The predicted molar refractivity (Wildman–Crippen MR) is 80.1 cm³/mol. The van der Waals surface area contributed by atoms with Gasteiger partial charge in [-0.05, 0) is 32.1 Å². The Balaban J connectivity index is 0.00000324. The monoisotopic (exact) mass is 314 g/mol. The lowest BCUT2D eigenvalue weighted by Gasteiger charge is -2.32. The molecule has 0 spiro atoms. The van der Waals surface area contributed by atoms with Gasteiger partial charge in [0.2, 0.25) is 10.0 Å². The quantitative estimate of drug-likeness (QED) is 0.744. The third kappa shape index (κ3) is 5.95. The largest absolute Gasteiger partial charge is 0.377 e. The Morgan fingerprint density at radius 1 is 1.32 bits per heavy atom. The Hall–Kier alpha value is 0.120. The van der Waals surface area contributed by atoms with Crippen LogP contribution in [0.2, 0.25) is 0 Å². The summed E-state index contributed by atoms with van der Waals surface area (Å²) in [7, 11) is -3.33. The Bertz CT molecular complexity index is 331. The van der Waals surface area contributed by atoms with Crippen molar-refractivity contribution in [1.82, 2.24) is 4.72 Å². The number of rotatable bonds is 7. The minimum atomic E-state index is -3.33. The van der Waals surface area contributed by atoms with Gasteiger partial charge in [-0.25, -0.2) is 13.1 Å². The summed E-state index contributed by atoms with van der Waals surface area (Å²) in [5.41, 5.74) is 5.20.